The van der Waals surface area contributed by atoms with Crippen LogP contribution in [-0.4, -0.2) is 17.9 Å². The van der Waals surface area contributed by atoms with Crippen LogP contribution in [0.4, 0.5) is 0 Å². The summed E-state index contributed by atoms with van der Waals surface area (Å²) in [6.45, 7) is 8.88. The van der Waals surface area contributed by atoms with E-state index in [-0.39, 0.29) is 11.7 Å². The van der Waals surface area contributed by atoms with Gasteiger partial charge in [-0.3, -0.25) is 4.99 Å². The molecule has 0 amide bonds. The molecule has 2 nitrogen and oxygen atoms in total. The molecule has 0 saturated carbocycles. The first kappa shape index (κ1) is 12.9. The molecular formula is C14H21NO. The van der Waals surface area contributed by atoms with Crippen molar-refractivity contribution in [3.05, 3.63) is 35.9 Å². The fourth-order valence-corrected chi connectivity index (χ4v) is 1.48. The third-order valence-corrected chi connectivity index (χ3v) is 1.97. The molecule has 0 aliphatic rings. The van der Waals surface area contributed by atoms with Crippen molar-refractivity contribution in [1.29, 1.82) is 0 Å². The number of hydrogen-bond donors (Lipinski definition) is 0. The van der Waals surface area contributed by atoms with E-state index < -0.39 is 0 Å². The van der Waals surface area contributed by atoms with Gasteiger partial charge in [-0.15, -0.1) is 0 Å². The van der Waals surface area contributed by atoms with Crippen molar-refractivity contribution in [3.8, 4) is 0 Å². The van der Waals surface area contributed by atoms with Gasteiger partial charge in [-0.25, -0.2) is 0 Å². The van der Waals surface area contributed by atoms with Crippen LogP contribution < -0.4 is 0 Å². The van der Waals surface area contributed by atoms with Gasteiger partial charge in [-0.2, -0.15) is 0 Å². The van der Waals surface area contributed by atoms with Gasteiger partial charge in [0, 0.05) is 6.21 Å². The molecule has 0 saturated heterocycles. The van der Waals surface area contributed by atoms with Crippen LogP contribution in [0.25, 0.3) is 0 Å². The summed E-state index contributed by atoms with van der Waals surface area (Å²) in [6.07, 6.45) is 1.93. The molecule has 88 valence electrons. The van der Waals surface area contributed by atoms with Crippen molar-refractivity contribution >= 4 is 6.21 Å². The van der Waals surface area contributed by atoms with Crippen molar-refractivity contribution in [3.63, 3.8) is 0 Å². The van der Waals surface area contributed by atoms with Crippen LogP contribution in [0.15, 0.2) is 35.3 Å². The van der Waals surface area contributed by atoms with E-state index in [1.54, 1.807) is 0 Å². The van der Waals surface area contributed by atoms with E-state index in [0.29, 0.717) is 0 Å². The van der Waals surface area contributed by atoms with E-state index in [2.05, 4.69) is 37.9 Å². The minimum absolute atomic E-state index is 0.0590. The maximum absolute atomic E-state index is 5.73. The molecule has 1 aromatic rings. The van der Waals surface area contributed by atoms with E-state index in [0.717, 1.165) is 6.54 Å². The summed E-state index contributed by atoms with van der Waals surface area (Å²) >= 11 is 0. The predicted octanol–water partition coefficient (Wildman–Crippen LogP) is 3.46. The molecule has 16 heavy (non-hydrogen) atoms. The second-order valence-electron chi connectivity index (χ2n) is 4.91. The lowest BCUT2D eigenvalue weighted by Crippen LogP contribution is -2.26. The minimum Gasteiger partial charge on any atom is -0.367 e. The molecule has 0 aliphatic heterocycles. The molecule has 0 spiro atoms. The topological polar surface area (TPSA) is 21.6 Å². The van der Waals surface area contributed by atoms with E-state index in [1.165, 1.54) is 5.56 Å². The number of hydrogen-bond acceptors (Lipinski definition) is 2. The molecule has 0 bridgehead atoms. The molecule has 0 radical (unpaired) electrons. The van der Waals surface area contributed by atoms with E-state index in [4.69, 9.17) is 4.74 Å². The van der Waals surface area contributed by atoms with Crippen LogP contribution in [0.2, 0.25) is 0 Å². The summed E-state index contributed by atoms with van der Waals surface area (Å²) in [6, 6.07) is 10.2. The zero-order valence-corrected chi connectivity index (χ0v) is 10.6. The molecule has 1 atom stereocenters. The van der Waals surface area contributed by atoms with Gasteiger partial charge >= 0.3 is 0 Å². The average Bonchev–Trinajstić information content (AvgIpc) is 2.16. The lowest BCUT2D eigenvalue weighted by molar-refractivity contribution is -0.0194. The van der Waals surface area contributed by atoms with Crippen LogP contribution in [0.3, 0.4) is 0 Å². The summed E-state index contributed by atoms with van der Waals surface area (Å²) in [7, 11) is 0. The Balaban J connectivity index is 2.38. The van der Waals surface area contributed by atoms with Gasteiger partial charge < -0.3 is 4.74 Å². The second-order valence-corrected chi connectivity index (χ2v) is 4.91. The molecule has 0 unspecified atom stereocenters. The van der Waals surface area contributed by atoms with E-state index in [1.807, 2.05) is 31.3 Å². The Labute approximate surface area is 98.4 Å². The highest BCUT2D eigenvalue weighted by atomic mass is 16.5. The Morgan fingerprint density at radius 3 is 2.44 bits per heavy atom. The lowest BCUT2D eigenvalue weighted by Gasteiger charge is -2.22. The SMILES string of the molecule is C[C@@H](C=NCc1ccccc1)OC(C)(C)C. The first-order valence-electron chi connectivity index (χ1n) is 5.69. The largest absolute Gasteiger partial charge is 0.367 e. The number of benzene rings is 1. The fraction of sp³-hybridized carbons (Fsp3) is 0.500. The molecule has 0 aromatic heterocycles. The first-order chi connectivity index (χ1) is 7.47. The second kappa shape index (κ2) is 5.80. The molecule has 1 rings (SSSR count). The fourth-order valence-electron chi connectivity index (χ4n) is 1.48. The van der Waals surface area contributed by atoms with E-state index in [9.17, 15) is 0 Å². The summed E-state index contributed by atoms with van der Waals surface area (Å²) in [5, 5.41) is 0. The molecular weight excluding hydrogens is 198 g/mol. The summed E-state index contributed by atoms with van der Waals surface area (Å²) in [4.78, 5) is 4.38. The van der Waals surface area contributed by atoms with Crippen LogP contribution in [0.5, 0.6) is 0 Å². The Hall–Kier alpha value is -1.15. The minimum atomic E-state index is -0.113. The Bertz CT molecular complexity index is 324. The van der Waals surface area contributed by atoms with Gasteiger partial charge in [0.1, 0.15) is 0 Å². The van der Waals surface area contributed by atoms with Crippen LogP contribution >= 0.6 is 0 Å². The van der Waals surface area contributed by atoms with Gasteiger partial charge in [-0.05, 0) is 33.3 Å². The molecule has 0 aliphatic carbocycles. The predicted molar refractivity (Wildman–Crippen MR) is 68.9 cm³/mol. The Kier molecular flexibility index (Phi) is 4.69. The van der Waals surface area contributed by atoms with Gasteiger partial charge in [-0.1, -0.05) is 30.3 Å². The van der Waals surface area contributed by atoms with Crippen molar-refractivity contribution in [1.82, 2.24) is 0 Å². The summed E-state index contributed by atoms with van der Waals surface area (Å²) < 4.78 is 5.73. The van der Waals surface area contributed by atoms with Gasteiger partial charge in [0.05, 0.1) is 18.2 Å². The smallest absolute Gasteiger partial charge is 0.0900 e. The summed E-state index contributed by atoms with van der Waals surface area (Å²) in [5.74, 6) is 0. The van der Waals surface area contributed by atoms with Gasteiger partial charge in [0.25, 0.3) is 0 Å². The zero-order chi connectivity index (χ0) is 12.0. The summed E-state index contributed by atoms with van der Waals surface area (Å²) in [5.41, 5.74) is 1.11. The maximum atomic E-state index is 5.73. The number of ether oxygens (including phenoxy) is 1. The van der Waals surface area contributed by atoms with Gasteiger partial charge in [0.2, 0.25) is 0 Å². The highest BCUT2D eigenvalue weighted by Gasteiger charge is 2.13. The van der Waals surface area contributed by atoms with Crippen molar-refractivity contribution in [2.75, 3.05) is 0 Å². The van der Waals surface area contributed by atoms with Crippen molar-refractivity contribution in [2.45, 2.75) is 45.9 Å². The Morgan fingerprint density at radius 2 is 1.88 bits per heavy atom. The third kappa shape index (κ3) is 5.66. The highest BCUT2D eigenvalue weighted by Crippen LogP contribution is 2.09. The molecule has 2 heteroatoms. The van der Waals surface area contributed by atoms with Crippen molar-refractivity contribution < 1.29 is 4.74 Å². The normalized spacial score (nSPS) is 14.2. The van der Waals surface area contributed by atoms with Crippen LogP contribution in [-0.2, 0) is 11.3 Å². The van der Waals surface area contributed by atoms with Crippen molar-refractivity contribution in [2.24, 2.45) is 4.99 Å². The highest BCUT2D eigenvalue weighted by molar-refractivity contribution is 5.62. The monoisotopic (exact) mass is 219 g/mol. The standard InChI is InChI=1S/C14H21NO/c1-12(16-14(2,3)4)10-15-11-13-8-6-5-7-9-13/h5-10,12H,11H2,1-4H3/t12-/m0/s1. The zero-order valence-electron chi connectivity index (χ0n) is 10.6. The number of nitrogens with zero attached hydrogens (tertiary/aromatic N) is 1. The average molecular weight is 219 g/mol. The van der Waals surface area contributed by atoms with Gasteiger partial charge in [0.15, 0.2) is 0 Å². The van der Waals surface area contributed by atoms with Crippen LogP contribution in [0.1, 0.15) is 33.3 Å². The molecule has 0 N–H and O–H groups in total. The quantitative estimate of drug-likeness (QED) is 0.711. The van der Waals surface area contributed by atoms with E-state index >= 15 is 0 Å². The molecule has 0 heterocycles. The lowest BCUT2D eigenvalue weighted by atomic mass is 10.2. The first-order valence-corrected chi connectivity index (χ1v) is 5.69. The third-order valence-electron chi connectivity index (χ3n) is 1.97. The Morgan fingerprint density at radius 1 is 1.25 bits per heavy atom. The molecule has 0 fully saturated rings. The number of rotatable bonds is 4. The molecule has 1 aromatic carbocycles. The van der Waals surface area contributed by atoms with Crippen LogP contribution in [0, 0.1) is 0 Å². The maximum Gasteiger partial charge on any atom is 0.0900 e. The number of aliphatic imine (C=N–C) groups is 1.